The highest BCUT2D eigenvalue weighted by atomic mass is 127. The number of allylic oxidation sites excluding steroid dienone is 2. The van der Waals surface area contributed by atoms with Gasteiger partial charge in [0.25, 0.3) is 0 Å². The van der Waals surface area contributed by atoms with Crippen molar-refractivity contribution in [3.8, 4) is 0 Å². The molecule has 2 aliphatic heterocycles. The van der Waals surface area contributed by atoms with E-state index in [2.05, 4.69) is 46.5 Å². The molecule has 0 aromatic rings. The topological polar surface area (TPSA) is 77.0 Å². The van der Waals surface area contributed by atoms with Crippen molar-refractivity contribution in [2.45, 2.75) is 39.2 Å². The van der Waals surface area contributed by atoms with Crippen LogP contribution >= 0.6 is 24.0 Å². The Morgan fingerprint density at radius 3 is 2.43 bits per heavy atom. The van der Waals surface area contributed by atoms with E-state index in [4.69, 9.17) is 0 Å². The van der Waals surface area contributed by atoms with Crippen molar-refractivity contribution in [2.75, 3.05) is 39.8 Å². The van der Waals surface area contributed by atoms with E-state index >= 15 is 0 Å². The summed E-state index contributed by atoms with van der Waals surface area (Å²) in [4.78, 5) is 33.8. The zero-order chi connectivity index (χ0) is 20.5. The summed E-state index contributed by atoms with van der Waals surface area (Å²) in [5.74, 6) is 1.75. The van der Waals surface area contributed by atoms with Gasteiger partial charge in [0.2, 0.25) is 11.8 Å². The molecule has 2 aliphatic carbocycles. The number of carbonyl (C=O) groups excluding carboxylic acids is 2. The lowest BCUT2D eigenvalue weighted by Gasteiger charge is -2.35. The SMILES string of the molecule is CN=C(NCCN1C(=O)C2C3C=CC(C3)C2C1=O)NCC1CCCN(C(C)C)C1.I. The standard InChI is InChI=1S/C22H35N5O2.HI/c1-14(2)26-9-4-5-15(13-26)12-25-22(23-3)24-8-10-27-20(28)18-16-6-7-17(11-16)19(18)21(27)29;/h6-7,14-19H,4-5,8-13H2,1-3H3,(H2,23,24,25);1H. The molecule has 8 heteroatoms. The number of aliphatic imine (C=N–C) groups is 1. The van der Waals surface area contributed by atoms with Gasteiger partial charge in [-0.25, -0.2) is 0 Å². The Morgan fingerprint density at radius 1 is 1.17 bits per heavy atom. The van der Waals surface area contributed by atoms with Crippen LogP contribution in [0.5, 0.6) is 0 Å². The smallest absolute Gasteiger partial charge is 0.233 e. The minimum Gasteiger partial charge on any atom is -0.356 e. The van der Waals surface area contributed by atoms with E-state index in [1.165, 1.54) is 24.3 Å². The predicted octanol–water partition coefficient (Wildman–Crippen LogP) is 1.70. The normalized spacial score (nSPS) is 33.3. The third kappa shape index (κ3) is 4.54. The molecule has 168 valence electrons. The minimum absolute atomic E-state index is 0. The number of hydrogen-bond donors (Lipinski definition) is 2. The van der Waals surface area contributed by atoms with Gasteiger partial charge in [0.05, 0.1) is 11.8 Å². The number of hydrogen-bond acceptors (Lipinski definition) is 4. The van der Waals surface area contributed by atoms with E-state index in [-0.39, 0.29) is 59.5 Å². The van der Waals surface area contributed by atoms with Crippen molar-refractivity contribution in [3.63, 3.8) is 0 Å². The molecule has 2 bridgehead atoms. The Morgan fingerprint density at radius 2 is 1.83 bits per heavy atom. The molecule has 4 aliphatic rings. The second kappa shape index (κ2) is 9.97. The molecule has 3 fully saturated rings. The van der Waals surface area contributed by atoms with Crippen LogP contribution < -0.4 is 10.6 Å². The summed E-state index contributed by atoms with van der Waals surface area (Å²) in [6.45, 7) is 8.66. The largest absolute Gasteiger partial charge is 0.356 e. The van der Waals surface area contributed by atoms with Gasteiger partial charge in [0.15, 0.2) is 5.96 Å². The number of halogens is 1. The fourth-order valence-corrected chi connectivity index (χ4v) is 5.67. The van der Waals surface area contributed by atoms with Crippen LogP contribution in [-0.4, -0.2) is 73.4 Å². The number of piperidine rings is 1. The lowest BCUT2D eigenvalue weighted by molar-refractivity contribution is -0.140. The molecular weight excluding hydrogens is 493 g/mol. The molecule has 5 unspecified atom stereocenters. The minimum atomic E-state index is -0.106. The van der Waals surface area contributed by atoms with Crippen molar-refractivity contribution in [3.05, 3.63) is 12.2 Å². The Balaban J connectivity index is 0.00000256. The van der Waals surface area contributed by atoms with Crippen molar-refractivity contribution in [1.29, 1.82) is 0 Å². The van der Waals surface area contributed by atoms with Gasteiger partial charge in [0, 0.05) is 39.3 Å². The van der Waals surface area contributed by atoms with Crippen LogP contribution in [-0.2, 0) is 9.59 Å². The average molecular weight is 529 g/mol. The van der Waals surface area contributed by atoms with Gasteiger partial charge in [-0.2, -0.15) is 0 Å². The van der Waals surface area contributed by atoms with E-state index in [0.717, 1.165) is 25.5 Å². The van der Waals surface area contributed by atoms with Crippen LogP contribution in [0.2, 0.25) is 0 Å². The molecule has 5 atom stereocenters. The second-order valence-electron chi connectivity index (χ2n) is 9.30. The fourth-order valence-electron chi connectivity index (χ4n) is 5.67. The monoisotopic (exact) mass is 529 g/mol. The lowest BCUT2D eigenvalue weighted by atomic mass is 9.85. The molecule has 0 aromatic heterocycles. The summed E-state index contributed by atoms with van der Waals surface area (Å²) >= 11 is 0. The maximum absolute atomic E-state index is 12.7. The maximum atomic E-state index is 12.7. The number of guanidine groups is 1. The number of imide groups is 1. The first kappa shape index (κ1) is 23.5. The third-order valence-electron chi connectivity index (χ3n) is 7.25. The quantitative estimate of drug-likeness (QED) is 0.180. The summed E-state index contributed by atoms with van der Waals surface area (Å²) in [5, 5.41) is 6.70. The molecule has 2 heterocycles. The number of nitrogens with zero attached hydrogens (tertiary/aromatic N) is 3. The molecule has 2 N–H and O–H groups in total. The number of rotatable bonds is 6. The van der Waals surface area contributed by atoms with Crippen molar-refractivity contribution < 1.29 is 9.59 Å². The highest BCUT2D eigenvalue weighted by Crippen LogP contribution is 2.52. The Hall–Kier alpha value is -1.16. The maximum Gasteiger partial charge on any atom is 0.233 e. The van der Waals surface area contributed by atoms with Crippen molar-refractivity contribution >= 4 is 41.8 Å². The molecule has 30 heavy (non-hydrogen) atoms. The number of nitrogens with one attached hydrogen (secondary N) is 2. The first-order valence-electron chi connectivity index (χ1n) is 11.2. The Labute approximate surface area is 197 Å². The molecule has 0 radical (unpaired) electrons. The van der Waals surface area contributed by atoms with E-state index in [1.54, 1.807) is 7.05 Å². The predicted molar refractivity (Wildman–Crippen MR) is 129 cm³/mol. The van der Waals surface area contributed by atoms with E-state index < -0.39 is 0 Å². The van der Waals surface area contributed by atoms with E-state index in [9.17, 15) is 9.59 Å². The summed E-state index contributed by atoms with van der Waals surface area (Å²) < 4.78 is 0. The highest BCUT2D eigenvalue weighted by Gasteiger charge is 2.58. The number of carbonyl (C=O) groups is 2. The first-order chi connectivity index (χ1) is 14.0. The summed E-state index contributed by atoms with van der Waals surface area (Å²) in [6.07, 6.45) is 7.73. The summed E-state index contributed by atoms with van der Waals surface area (Å²) in [7, 11) is 1.76. The lowest BCUT2D eigenvalue weighted by Crippen LogP contribution is -2.47. The number of amides is 2. The molecule has 1 saturated carbocycles. The second-order valence-corrected chi connectivity index (χ2v) is 9.30. The van der Waals surface area contributed by atoms with Gasteiger partial charge >= 0.3 is 0 Å². The average Bonchev–Trinajstić information content (AvgIpc) is 3.40. The van der Waals surface area contributed by atoms with Crippen LogP contribution in [0.3, 0.4) is 0 Å². The van der Waals surface area contributed by atoms with Gasteiger partial charge < -0.3 is 15.5 Å². The number of likely N-dealkylation sites (tertiary alicyclic amines) is 2. The van der Waals surface area contributed by atoms with Gasteiger partial charge in [-0.15, -0.1) is 24.0 Å². The van der Waals surface area contributed by atoms with Crippen molar-refractivity contribution in [2.24, 2.45) is 34.6 Å². The van der Waals surface area contributed by atoms with Crippen molar-refractivity contribution in [1.82, 2.24) is 20.4 Å². The molecule has 0 aromatic carbocycles. The van der Waals surface area contributed by atoms with Gasteiger partial charge in [-0.1, -0.05) is 12.2 Å². The summed E-state index contributed by atoms with van der Waals surface area (Å²) in [6, 6.07) is 0.593. The Kier molecular flexibility index (Phi) is 7.81. The van der Waals surface area contributed by atoms with Gasteiger partial charge in [-0.3, -0.25) is 19.5 Å². The van der Waals surface area contributed by atoms with Crippen LogP contribution in [0.1, 0.15) is 33.1 Å². The van der Waals surface area contributed by atoms with Crippen LogP contribution in [0, 0.1) is 29.6 Å². The van der Waals surface area contributed by atoms with Crippen LogP contribution in [0.15, 0.2) is 17.1 Å². The molecule has 0 spiro atoms. The molecular formula is C22H36IN5O2. The fraction of sp³-hybridized carbons (Fsp3) is 0.773. The molecule has 4 rings (SSSR count). The van der Waals surface area contributed by atoms with Gasteiger partial charge in [-0.05, 0) is 57.4 Å². The third-order valence-corrected chi connectivity index (χ3v) is 7.25. The Bertz CT molecular complexity index is 680. The zero-order valence-corrected chi connectivity index (χ0v) is 20.7. The van der Waals surface area contributed by atoms with E-state index in [0.29, 0.717) is 25.0 Å². The van der Waals surface area contributed by atoms with Crippen LogP contribution in [0.25, 0.3) is 0 Å². The molecule has 7 nitrogen and oxygen atoms in total. The number of fused-ring (bicyclic) bond motifs is 5. The zero-order valence-electron chi connectivity index (χ0n) is 18.3. The van der Waals surface area contributed by atoms with Crippen LogP contribution in [0.4, 0.5) is 0 Å². The molecule has 2 amide bonds. The van der Waals surface area contributed by atoms with E-state index in [1.807, 2.05) is 0 Å². The first-order valence-corrected chi connectivity index (χ1v) is 11.2. The summed E-state index contributed by atoms with van der Waals surface area (Å²) in [5.41, 5.74) is 0. The molecule has 2 saturated heterocycles. The highest BCUT2D eigenvalue weighted by molar-refractivity contribution is 14.0. The van der Waals surface area contributed by atoms with Gasteiger partial charge in [0.1, 0.15) is 0 Å².